The zero-order chi connectivity index (χ0) is 14.8. The van der Waals surface area contributed by atoms with Crippen LogP contribution in [0.1, 0.15) is 4.88 Å². The highest BCUT2D eigenvalue weighted by molar-refractivity contribution is 7.15. The molecule has 0 aliphatic carbocycles. The number of rotatable bonds is 4. The van der Waals surface area contributed by atoms with E-state index in [1.54, 1.807) is 6.20 Å². The van der Waals surface area contributed by atoms with Crippen molar-refractivity contribution in [3.63, 3.8) is 0 Å². The Morgan fingerprint density at radius 2 is 2.05 bits per heavy atom. The minimum absolute atomic E-state index is 0.127. The van der Waals surface area contributed by atoms with Gasteiger partial charge in [-0.15, -0.1) is 24.5 Å². The van der Waals surface area contributed by atoms with E-state index in [0.29, 0.717) is 16.7 Å². The Balaban J connectivity index is 2.02. The fourth-order valence-electron chi connectivity index (χ4n) is 1.38. The third-order valence-electron chi connectivity index (χ3n) is 2.15. The Morgan fingerprint density at radius 3 is 2.60 bits per heavy atom. The lowest BCUT2D eigenvalue weighted by Gasteiger charge is -2.11. The summed E-state index contributed by atoms with van der Waals surface area (Å²) in [7, 11) is 0. The average molecular weight is 343 g/mol. The number of hydrogen-bond donors (Lipinski definition) is 1. The first kappa shape index (κ1) is 15.2. The van der Waals surface area contributed by atoms with Gasteiger partial charge in [-0.25, -0.2) is 4.98 Å². The van der Waals surface area contributed by atoms with Crippen LogP contribution in [0, 0.1) is 0 Å². The first-order valence-electron chi connectivity index (χ1n) is 5.23. The molecule has 3 nitrogen and oxygen atoms in total. The molecule has 0 spiro atoms. The number of nitrogens with one attached hydrogen (secondary N) is 1. The molecule has 0 radical (unpaired) electrons. The SMILES string of the molecule is FC(F)(F)Oc1ccc(NCc2cnc(Cl)s2)c(Cl)c1. The van der Waals surface area contributed by atoms with E-state index >= 15 is 0 Å². The van der Waals surface area contributed by atoms with Crippen LogP contribution in [0.25, 0.3) is 0 Å². The number of anilines is 1. The highest BCUT2D eigenvalue weighted by Crippen LogP contribution is 2.30. The van der Waals surface area contributed by atoms with Crippen LogP contribution in [-0.4, -0.2) is 11.3 Å². The maximum absolute atomic E-state index is 12.0. The molecule has 0 fully saturated rings. The molecule has 0 bridgehead atoms. The van der Waals surface area contributed by atoms with Gasteiger partial charge >= 0.3 is 6.36 Å². The van der Waals surface area contributed by atoms with Gasteiger partial charge in [0.05, 0.1) is 17.3 Å². The Kier molecular flexibility index (Phi) is 4.62. The highest BCUT2D eigenvalue weighted by atomic mass is 35.5. The molecule has 9 heteroatoms. The molecular formula is C11H7Cl2F3N2OS. The van der Waals surface area contributed by atoms with Gasteiger partial charge in [0.15, 0.2) is 4.47 Å². The normalized spacial score (nSPS) is 11.4. The number of benzene rings is 1. The molecule has 0 aliphatic heterocycles. The van der Waals surface area contributed by atoms with E-state index < -0.39 is 6.36 Å². The Bertz CT molecular complexity index is 604. The molecule has 1 aromatic heterocycles. The predicted octanol–water partition coefficient (Wildman–Crippen LogP) is 4.96. The summed E-state index contributed by atoms with van der Waals surface area (Å²) in [4.78, 5) is 4.75. The second kappa shape index (κ2) is 6.07. The maximum atomic E-state index is 12.0. The van der Waals surface area contributed by atoms with Crippen molar-refractivity contribution in [3.8, 4) is 5.75 Å². The van der Waals surface area contributed by atoms with E-state index in [9.17, 15) is 13.2 Å². The van der Waals surface area contributed by atoms with Gasteiger partial charge in [0.1, 0.15) is 5.75 Å². The summed E-state index contributed by atoms with van der Waals surface area (Å²) >= 11 is 12.9. The van der Waals surface area contributed by atoms with Crippen LogP contribution in [-0.2, 0) is 6.54 Å². The molecule has 1 aromatic carbocycles. The van der Waals surface area contributed by atoms with Crippen molar-refractivity contribution in [1.82, 2.24) is 4.98 Å². The summed E-state index contributed by atoms with van der Waals surface area (Å²) in [6, 6.07) is 3.68. The minimum Gasteiger partial charge on any atom is -0.406 e. The zero-order valence-electron chi connectivity index (χ0n) is 9.67. The van der Waals surface area contributed by atoms with E-state index in [2.05, 4.69) is 15.0 Å². The van der Waals surface area contributed by atoms with Crippen molar-refractivity contribution in [3.05, 3.63) is 38.8 Å². The van der Waals surface area contributed by atoms with Gasteiger partial charge in [0.25, 0.3) is 0 Å². The van der Waals surface area contributed by atoms with E-state index in [1.807, 2.05) is 0 Å². The van der Waals surface area contributed by atoms with Gasteiger partial charge < -0.3 is 10.1 Å². The Labute approximate surface area is 126 Å². The van der Waals surface area contributed by atoms with Crippen LogP contribution in [0.2, 0.25) is 9.49 Å². The van der Waals surface area contributed by atoms with Crippen LogP contribution in [0.3, 0.4) is 0 Å². The number of thiazole rings is 1. The summed E-state index contributed by atoms with van der Waals surface area (Å²) in [5.74, 6) is -0.367. The number of alkyl halides is 3. The van der Waals surface area contributed by atoms with Crippen molar-refractivity contribution in [2.75, 3.05) is 5.32 Å². The van der Waals surface area contributed by atoms with Crippen molar-refractivity contribution >= 4 is 40.2 Å². The van der Waals surface area contributed by atoms with Gasteiger partial charge in [0.2, 0.25) is 0 Å². The summed E-state index contributed by atoms with van der Waals surface area (Å²) in [6.07, 6.45) is -3.13. The fraction of sp³-hybridized carbons (Fsp3) is 0.182. The number of hydrogen-bond acceptors (Lipinski definition) is 4. The monoisotopic (exact) mass is 342 g/mol. The Hall–Kier alpha value is -1.18. The topological polar surface area (TPSA) is 34.1 Å². The standard InChI is InChI=1S/C11H7Cl2F3N2OS/c12-8-3-6(19-11(14,15)16)1-2-9(8)17-4-7-5-18-10(13)20-7/h1-3,5,17H,4H2. The Morgan fingerprint density at radius 1 is 1.30 bits per heavy atom. The first-order valence-corrected chi connectivity index (χ1v) is 6.80. The van der Waals surface area contributed by atoms with Gasteiger partial charge in [-0.05, 0) is 12.1 Å². The highest BCUT2D eigenvalue weighted by Gasteiger charge is 2.31. The van der Waals surface area contributed by atoms with E-state index in [0.717, 1.165) is 10.9 Å². The summed E-state index contributed by atoms with van der Waals surface area (Å²) in [5.41, 5.74) is 0.491. The molecule has 1 N–H and O–H groups in total. The second-order valence-electron chi connectivity index (χ2n) is 3.62. The number of nitrogens with zero attached hydrogens (tertiary/aromatic N) is 1. The van der Waals surface area contributed by atoms with Crippen LogP contribution in [0.5, 0.6) is 5.75 Å². The van der Waals surface area contributed by atoms with E-state index in [1.165, 1.54) is 23.5 Å². The smallest absolute Gasteiger partial charge is 0.406 e. The lowest BCUT2D eigenvalue weighted by Crippen LogP contribution is -2.17. The maximum Gasteiger partial charge on any atom is 0.573 e. The number of ether oxygens (including phenoxy) is 1. The van der Waals surface area contributed by atoms with Crippen molar-refractivity contribution in [2.24, 2.45) is 0 Å². The predicted molar refractivity (Wildman–Crippen MR) is 72.6 cm³/mol. The van der Waals surface area contributed by atoms with Crippen LogP contribution >= 0.6 is 34.5 Å². The first-order chi connectivity index (χ1) is 9.33. The van der Waals surface area contributed by atoms with Crippen LogP contribution in [0.15, 0.2) is 24.4 Å². The molecule has 2 aromatic rings. The van der Waals surface area contributed by atoms with Gasteiger partial charge in [-0.2, -0.15) is 0 Å². The molecule has 20 heavy (non-hydrogen) atoms. The molecule has 0 unspecified atom stereocenters. The molecule has 0 saturated heterocycles. The summed E-state index contributed by atoms with van der Waals surface area (Å²) in [6.45, 7) is 0.420. The molecule has 0 saturated carbocycles. The van der Waals surface area contributed by atoms with Gasteiger partial charge in [-0.1, -0.05) is 23.2 Å². The molecular weight excluding hydrogens is 336 g/mol. The van der Waals surface area contributed by atoms with E-state index in [-0.39, 0.29) is 10.8 Å². The lowest BCUT2D eigenvalue weighted by atomic mass is 10.3. The minimum atomic E-state index is -4.74. The zero-order valence-corrected chi connectivity index (χ0v) is 12.0. The van der Waals surface area contributed by atoms with Gasteiger partial charge in [-0.3, -0.25) is 0 Å². The molecule has 108 valence electrons. The van der Waals surface area contributed by atoms with Crippen molar-refractivity contribution in [2.45, 2.75) is 12.9 Å². The quantitative estimate of drug-likeness (QED) is 0.852. The van der Waals surface area contributed by atoms with Crippen LogP contribution in [0.4, 0.5) is 18.9 Å². The largest absolute Gasteiger partial charge is 0.573 e. The number of halogens is 5. The molecule has 2 rings (SSSR count). The molecule has 0 amide bonds. The summed E-state index contributed by atoms with van der Waals surface area (Å²) in [5, 5.41) is 3.10. The van der Waals surface area contributed by atoms with E-state index in [4.69, 9.17) is 23.2 Å². The fourth-order valence-corrected chi connectivity index (χ4v) is 2.54. The molecule has 0 atom stereocenters. The third-order valence-corrected chi connectivity index (χ3v) is 3.58. The van der Waals surface area contributed by atoms with Crippen molar-refractivity contribution < 1.29 is 17.9 Å². The van der Waals surface area contributed by atoms with Crippen LogP contribution < -0.4 is 10.1 Å². The average Bonchev–Trinajstić information content (AvgIpc) is 2.72. The van der Waals surface area contributed by atoms with Gasteiger partial charge in [0, 0.05) is 17.1 Å². The molecule has 0 aliphatic rings. The van der Waals surface area contributed by atoms with Crippen molar-refractivity contribution in [1.29, 1.82) is 0 Å². The molecule has 1 heterocycles. The second-order valence-corrected chi connectivity index (χ2v) is 5.73. The number of aromatic nitrogens is 1. The lowest BCUT2D eigenvalue weighted by molar-refractivity contribution is -0.274. The summed E-state index contributed by atoms with van der Waals surface area (Å²) < 4.78 is 40.3. The third kappa shape index (κ3) is 4.43.